The standard InChI is InChI=1S/C23H23FN2O2S/c1-3-13-28-21-14-16(2)6-11-20(21)26-22(27)19-5-4-12-25-23(19)29-15-17-7-9-18(24)10-8-17/h4-12,14H,3,13,15H2,1-2H3,(H,26,27). The fourth-order valence-corrected chi connectivity index (χ4v) is 3.61. The number of aromatic nitrogens is 1. The molecule has 0 aliphatic heterocycles. The molecule has 3 rings (SSSR count). The predicted octanol–water partition coefficient (Wildman–Crippen LogP) is 5.86. The number of nitrogens with zero attached hydrogens (tertiary/aromatic N) is 1. The number of nitrogens with one attached hydrogen (secondary N) is 1. The molecule has 0 aliphatic carbocycles. The molecule has 0 bridgehead atoms. The second-order valence-electron chi connectivity index (χ2n) is 6.57. The Bertz CT molecular complexity index is 977. The Kier molecular flexibility index (Phi) is 7.25. The van der Waals surface area contributed by atoms with E-state index < -0.39 is 0 Å². The van der Waals surface area contributed by atoms with Crippen molar-refractivity contribution in [3.8, 4) is 5.75 Å². The summed E-state index contributed by atoms with van der Waals surface area (Å²) in [7, 11) is 0. The largest absolute Gasteiger partial charge is 0.491 e. The van der Waals surface area contributed by atoms with E-state index in [9.17, 15) is 9.18 Å². The topological polar surface area (TPSA) is 51.2 Å². The van der Waals surface area contributed by atoms with E-state index in [1.54, 1.807) is 30.5 Å². The lowest BCUT2D eigenvalue weighted by Gasteiger charge is -2.14. The van der Waals surface area contributed by atoms with Crippen LogP contribution in [0.2, 0.25) is 0 Å². The number of ether oxygens (including phenoxy) is 1. The quantitative estimate of drug-likeness (QED) is 0.472. The SMILES string of the molecule is CCCOc1cc(C)ccc1NC(=O)c1cccnc1SCc1ccc(F)cc1. The average Bonchev–Trinajstić information content (AvgIpc) is 2.73. The third-order valence-corrected chi connectivity index (χ3v) is 5.23. The van der Waals surface area contributed by atoms with Crippen LogP contribution in [0, 0.1) is 12.7 Å². The van der Waals surface area contributed by atoms with E-state index in [-0.39, 0.29) is 11.7 Å². The van der Waals surface area contributed by atoms with E-state index in [1.807, 2.05) is 32.0 Å². The Hall–Kier alpha value is -2.86. The van der Waals surface area contributed by atoms with E-state index in [2.05, 4.69) is 10.3 Å². The maximum atomic E-state index is 13.1. The Balaban J connectivity index is 1.75. The average molecular weight is 411 g/mol. The van der Waals surface area contributed by atoms with Gasteiger partial charge < -0.3 is 10.1 Å². The van der Waals surface area contributed by atoms with Crippen LogP contribution in [-0.4, -0.2) is 17.5 Å². The van der Waals surface area contributed by atoms with Crippen molar-refractivity contribution >= 4 is 23.4 Å². The molecule has 0 atom stereocenters. The van der Waals surface area contributed by atoms with E-state index in [0.29, 0.717) is 34.4 Å². The molecule has 1 N–H and O–H groups in total. The molecule has 0 radical (unpaired) electrons. The maximum Gasteiger partial charge on any atom is 0.258 e. The highest BCUT2D eigenvalue weighted by atomic mass is 32.2. The van der Waals surface area contributed by atoms with Crippen molar-refractivity contribution in [3.63, 3.8) is 0 Å². The summed E-state index contributed by atoms with van der Waals surface area (Å²) in [6, 6.07) is 15.5. The second-order valence-corrected chi connectivity index (χ2v) is 7.54. The normalized spacial score (nSPS) is 10.6. The van der Waals surface area contributed by atoms with Gasteiger partial charge in [0.1, 0.15) is 16.6 Å². The lowest BCUT2D eigenvalue weighted by atomic mass is 10.2. The van der Waals surface area contributed by atoms with Crippen LogP contribution in [0.25, 0.3) is 0 Å². The van der Waals surface area contributed by atoms with E-state index in [1.165, 1.54) is 23.9 Å². The number of benzene rings is 2. The van der Waals surface area contributed by atoms with Crippen molar-refractivity contribution in [3.05, 3.63) is 83.3 Å². The molecule has 0 saturated carbocycles. The van der Waals surface area contributed by atoms with Crippen molar-refractivity contribution in [1.82, 2.24) is 4.98 Å². The van der Waals surface area contributed by atoms with Gasteiger partial charge in [-0.05, 0) is 60.9 Å². The van der Waals surface area contributed by atoms with Gasteiger partial charge in [0, 0.05) is 11.9 Å². The Morgan fingerprint density at radius 1 is 1.17 bits per heavy atom. The van der Waals surface area contributed by atoms with Crippen LogP contribution in [0.3, 0.4) is 0 Å². The summed E-state index contributed by atoms with van der Waals surface area (Å²) in [5.74, 6) is 0.734. The molecule has 1 heterocycles. The number of pyridine rings is 1. The van der Waals surface area contributed by atoms with Crippen molar-refractivity contribution in [2.24, 2.45) is 0 Å². The first-order valence-electron chi connectivity index (χ1n) is 9.44. The Labute approximate surface area is 174 Å². The number of aryl methyl sites for hydroxylation is 1. The van der Waals surface area contributed by atoms with Gasteiger partial charge in [0.25, 0.3) is 5.91 Å². The van der Waals surface area contributed by atoms with Crippen LogP contribution < -0.4 is 10.1 Å². The maximum absolute atomic E-state index is 13.1. The minimum Gasteiger partial charge on any atom is -0.491 e. The van der Waals surface area contributed by atoms with Crippen molar-refractivity contribution < 1.29 is 13.9 Å². The molecule has 3 aromatic rings. The molecule has 0 fully saturated rings. The van der Waals surface area contributed by atoms with Gasteiger partial charge in [-0.3, -0.25) is 4.79 Å². The third-order valence-electron chi connectivity index (χ3n) is 4.15. The molecule has 1 amide bonds. The van der Waals surface area contributed by atoms with E-state index >= 15 is 0 Å². The molecule has 6 heteroatoms. The molecule has 1 aromatic heterocycles. The monoisotopic (exact) mass is 410 g/mol. The zero-order valence-corrected chi connectivity index (χ0v) is 17.3. The number of anilines is 1. The van der Waals surface area contributed by atoms with Crippen molar-refractivity contribution in [2.75, 3.05) is 11.9 Å². The van der Waals surface area contributed by atoms with Crippen LogP contribution in [-0.2, 0) is 5.75 Å². The van der Waals surface area contributed by atoms with Crippen LogP contribution in [0.4, 0.5) is 10.1 Å². The number of thioether (sulfide) groups is 1. The molecule has 150 valence electrons. The molecular formula is C23H23FN2O2S. The predicted molar refractivity (Wildman–Crippen MR) is 115 cm³/mol. The summed E-state index contributed by atoms with van der Waals surface area (Å²) in [6.07, 6.45) is 2.54. The van der Waals surface area contributed by atoms with Gasteiger partial charge in [0.2, 0.25) is 0 Å². The van der Waals surface area contributed by atoms with Crippen molar-refractivity contribution in [2.45, 2.75) is 31.0 Å². The molecule has 0 aliphatic rings. The highest BCUT2D eigenvalue weighted by Gasteiger charge is 2.15. The molecule has 0 saturated heterocycles. The van der Waals surface area contributed by atoms with Gasteiger partial charge in [0.05, 0.1) is 17.9 Å². The van der Waals surface area contributed by atoms with Crippen LogP contribution in [0.15, 0.2) is 65.8 Å². The molecule has 4 nitrogen and oxygen atoms in total. The first kappa shape index (κ1) is 20.9. The summed E-state index contributed by atoms with van der Waals surface area (Å²) in [5, 5.41) is 3.56. The summed E-state index contributed by atoms with van der Waals surface area (Å²) in [6.45, 7) is 4.60. The number of rotatable bonds is 8. The summed E-state index contributed by atoms with van der Waals surface area (Å²) in [5.41, 5.74) is 3.14. The van der Waals surface area contributed by atoms with Crippen LogP contribution >= 0.6 is 11.8 Å². The van der Waals surface area contributed by atoms with Gasteiger partial charge in [-0.2, -0.15) is 0 Å². The van der Waals surface area contributed by atoms with Gasteiger partial charge in [-0.15, -0.1) is 11.8 Å². The molecular weight excluding hydrogens is 387 g/mol. The lowest BCUT2D eigenvalue weighted by Crippen LogP contribution is -2.14. The van der Waals surface area contributed by atoms with E-state index in [0.717, 1.165) is 17.5 Å². The Morgan fingerprint density at radius 2 is 1.97 bits per heavy atom. The highest BCUT2D eigenvalue weighted by molar-refractivity contribution is 7.98. The fraction of sp³-hybridized carbons (Fsp3) is 0.217. The Morgan fingerprint density at radius 3 is 2.72 bits per heavy atom. The fourth-order valence-electron chi connectivity index (χ4n) is 2.66. The number of hydrogen-bond acceptors (Lipinski definition) is 4. The number of hydrogen-bond donors (Lipinski definition) is 1. The number of carbonyl (C=O) groups excluding carboxylic acids is 1. The molecule has 0 unspecified atom stereocenters. The highest BCUT2D eigenvalue weighted by Crippen LogP contribution is 2.29. The zero-order chi connectivity index (χ0) is 20.6. The summed E-state index contributed by atoms with van der Waals surface area (Å²) < 4.78 is 18.9. The number of carbonyl (C=O) groups is 1. The second kappa shape index (κ2) is 10.1. The number of halogens is 1. The lowest BCUT2D eigenvalue weighted by molar-refractivity contribution is 0.102. The van der Waals surface area contributed by atoms with Crippen LogP contribution in [0.1, 0.15) is 34.8 Å². The molecule has 29 heavy (non-hydrogen) atoms. The van der Waals surface area contributed by atoms with Crippen LogP contribution in [0.5, 0.6) is 5.75 Å². The van der Waals surface area contributed by atoms with Gasteiger partial charge in [0.15, 0.2) is 0 Å². The van der Waals surface area contributed by atoms with Gasteiger partial charge in [-0.25, -0.2) is 9.37 Å². The minimum atomic E-state index is -0.268. The molecule has 2 aromatic carbocycles. The smallest absolute Gasteiger partial charge is 0.258 e. The molecule has 0 spiro atoms. The summed E-state index contributed by atoms with van der Waals surface area (Å²) in [4.78, 5) is 17.3. The zero-order valence-electron chi connectivity index (χ0n) is 16.4. The first-order valence-corrected chi connectivity index (χ1v) is 10.4. The number of amides is 1. The van der Waals surface area contributed by atoms with E-state index in [4.69, 9.17) is 4.74 Å². The first-order chi connectivity index (χ1) is 14.1. The van der Waals surface area contributed by atoms with Gasteiger partial charge >= 0.3 is 0 Å². The van der Waals surface area contributed by atoms with Crippen molar-refractivity contribution in [1.29, 1.82) is 0 Å². The van der Waals surface area contributed by atoms with Gasteiger partial charge in [-0.1, -0.05) is 25.1 Å². The summed E-state index contributed by atoms with van der Waals surface area (Å²) >= 11 is 1.44. The minimum absolute atomic E-state index is 0.245. The third kappa shape index (κ3) is 5.81.